The Kier molecular flexibility index (Phi) is 5.24. The van der Waals surface area contributed by atoms with E-state index in [1.807, 2.05) is 0 Å². The molecule has 0 saturated heterocycles. The van der Waals surface area contributed by atoms with Crippen LogP contribution in [-0.2, 0) is 10.0 Å². The molecule has 0 heterocycles. The molecular weight excluding hydrogens is 296 g/mol. The average Bonchev–Trinajstić information content (AvgIpc) is 2.35. The van der Waals surface area contributed by atoms with Crippen LogP contribution >= 0.6 is 11.6 Å². The lowest BCUT2D eigenvalue weighted by Gasteiger charge is -2.19. The molecule has 7 nitrogen and oxygen atoms in total. The van der Waals surface area contributed by atoms with Crippen molar-refractivity contribution < 1.29 is 18.4 Å². The molecule has 1 N–H and O–H groups in total. The van der Waals surface area contributed by atoms with E-state index < -0.39 is 20.6 Å². The molecule has 0 aliphatic rings. The number of aliphatic hydroxyl groups is 1. The van der Waals surface area contributed by atoms with Gasteiger partial charge in [0.05, 0.1) is 16.4 Å². The second kappa shape index (κ2) is 6.29. The molecule has 19 heavy (non-hydrogen) atoms. The lowest BCUT2D eigenvalue weighted by molar-refractivity contribution is -0.384. The third kappa shape index (κ3) is 3.41. The van der Waals surface area contributed by atoms with Crippen molar-refractivity contribution in [3.63, 3.8) is 0 Å². The molecule has 0 bridgehead atoms. The third-order valence-electron chi connectivity index (χ3n) is 2.45. The van der Waals surface area contributed by atoms with Crippen molar-refractivity contribution >= 4 is 27.3 Å². The minimum Gasteiger partial charge on any atom is -0.395 e. The fraction of sp³-hybridized carbons (Fsp3) is 0.400. The molecule has 9 heteroatoms. The van der Waals surface area contributed by atoms with Crippen LogP contribution < -0.4 is 0 Å². The van der Waals surface area contributed by atoms with Crippen LogP contribution in [0, 0.1) is 10.1 Å². The van der Waals surface area contributed by atoms with Gasteiger partial charge in [-0.25, -0.2) is 8.42 Å². The fourth-order valence-electron chi connectivity index (χ4n) is 1.50. The molecule has 0 spiro atoms. The zero-order chi connectivity index (χ0) is 14.6. The lowest BCUT2D eigenvalue weighted by Crippen LogP contribution is -2.33. The van der Waals surface area contributed by atoms with Crippen LogP contribution in [0.25, 0.3) is 0 Å². The van der Waals surface area contributed by atoms with E-state index in [1.165, 1.54) is 12.1 Å². The summed E-state index contributed by atoms with van der Waals surface area (Å²) in [6, 6.07) is 3.28. The number of nitro benzene ring substituents is 1. The molecule has 0 aromatic heterocycles. The van der Waals surface area contributed by atoms with Crippen LogP contribution in [0.5, 0.6) is 0 Å². The first-order chi connectivity index (χ1) is 8.84. The number of sulfonamides is 1. The molecule has 0 atom stereocenters. The van der Waals surface area contributed by atoms with Gasteiger partial charge >= 0.3 is 0 Å². The smallest absolute Gasteiger partial charge is 0.289 e. The van der Waals surface area contributed by atoms with E-state index in [0.717, 1.165) is 10.4 Å². The van der Waals surface area contributed by atoms with E-state index in [2.05, 4.69) is 0 Å². The second-order valence-electron chi connectivity index (χ2n) is 3.59. The van der Waals surface area contributed by atoms with Gasteiger partial charge in [0.2, 0.25) is 10.0 Å². The van der Waals surface area contributed by atoms with Gasteiger partial charge in [-0.2, -0.15) is 4.31 Å². The van der Waals surface area contributed by atoms with E-state index in [0.29, 0.717) is 0 Å². The zero-order valence-electron chi connectivity index (χ0n) is 10.1. The molecule has 0 unspecified atom stereocenters. The van der Waals surface area contributed by atoms with Crippen molar-refractivity contribution in [2.75, 3.05) is 19.7 Å². The molecule has 1 aromatic carbocycles. The minimum atomic E-state index is -3.88. The standard InChI is InChI=1S/C10H13ClN2O5S/c1-2-12(5-6-14)19(17,18)8-3-4-9(11)10(7-8)13(15)16/h3-4,7,14H,2,5-6H2,1H3. The number of likely N-dealkylation sites (N-methyl/N-ethyl adjacent to an activating group) is 1. The maximum Gasteiger partial charge on any atom is 0.289 e. The molecule has 0 saturated carbocycles. The largest absolute Gasteiger partial charge is 0.395 e. The van der Waals surface area contributed by atoms with Crippen LogP contribution in [0.2, 0.25) is 5.02 Å². The Balaban J connectivity index is 3.29. The third-order valence-corrected chi connectivity index (χ3v) is 4.74. The quantitative estimate of drug-likeness (QED) is 0.629. The number of aliphatic hydroxyl groups excluding tert-OH is 1. The van der Waals surface area contributed by atoms with E-state index in [1.54, 1.807) is 6.92 Å². The van der Waals surface area contributed by atoms with Gasteiger partial charge in [0, 0.05) is 19.2 Å². The van der Waals surface area contributed by atoms with Crippen LogP contribution in [0.15, 0.2) is 23.1 Å². The van der Waals surface area contributed by atoms with Gasteiger partial charge in [-0.3, -0.25) is 10.1 Å². The van der Waals surface area contributed by atoms with Gasteiger partial charge in [-0.05, 0) is 12.1 Å². The molecule has 0 aliphatic carbocycles. The van der Waals surface area contributed by atoms with Crippen molar-refractivity contribution in [1.82, 2.24) is 4.31 Å². The van der Waals surface area contributed by atoms with Gasteiger partial charge in [0.25, 0.3) is 5.69 Å². The second-order valence-corrected chi connectivity index (χ2v) is 5.94. The SMILES string of the molecule is CCN(CCO)S(=O)(=O)c1ccc(Cl)c([N+](=O)[O-])c1. The summed E-state index contributed by atoms with van der Waals surface area (Å²) in [5.41, 5.74) is -0.470. The Bertz CT molecular complexity index is 575. The van der Waals surface area contributed by atoms with Gasteiger partial charge in [-0.15, -0.1) is 0 Å². The Hall–Kier alpha value is -1.22. The molecule has 1 aromatic rings. The highest BCUT2D eigenvalue weighted by Crippen LogP contribution is 2.28. The highest BCUT2D eigenvalue weighted by atomic mass is 35.5. The predicted molar refractivity (Wildman–Crippen MR) is 69.6 cm³/mol. The summed E-state index contributed by atoms with van der Waals surface area (Å²) in [5.74, 6) is 0. The normalized spacial score (nSPS) is 11.8. The van der Waals surface area contributed by atoms with E-state index >= 15 is 0 Å². The Morgan fingerprint density at radius 1 is 1.47 bits per heavy atom. The van der Waals surface area contributed by atoms with Crippen molar-refractivity contribution in [3.8, 4) is 0 Å². The summed E-state index contributed by atoms with van der Waals surface area (Å²) >= 11 is 5.63. The van der Waals surface area contributed by atoms with Crippen LogP contribution in [0.1, 0.15) is 6.92 Å². The zero-order valence-corrected chi connectivity index (χ0v) is 11.7. The Morgan fingerprint density at radius 3 is 2.58 bits per heavy atom. The van der Waals surface area contributed by atoms with Crippen LogP contribution in [-0.4, -0.2) is 42.4 Å². The van der Waals surface area contributed by atoms with E-state index in [9.17, 15) is 18.5 Å². The Morgan fingerprint density at radius 2 is 2.11 bits per heavy atom. The summed E-state index contributed by atoms with van der Waals surface area (Å²) in [6.45, 7) is 1.36. The number of benzene rings is 1. The highest BCUT2D eigenvalue weighted by Gasteiger charge is 2.25. The average molecular weight is 309 g/mol. The molecule has 106 valence electrons. The monoisotopic (exact) mass is 308 g/mol. The topological polar surface area (TPSA) is 101 Å². The van der Waals surface area contributed by atoms with E-state index in [4.69, 9.17) is 16.7 Å². The summed E-state index contributed by atoms with van der Waals surface area (Å²) in [6.07, 6.45) is 0. The van der Waals surface area contributed by atoms with Crippen molar-refractivity contribution in [2.45, 2.75) is 11.8 Å². The number of halogens is 1. The summed E-state index contributed by atoms with van der Waals surface area (Å²) in [4.78, 5) is 9.77. The molecule has 0 aliphatic heterocycles. The van der Waals surface area contributed by atoms with Gasteiger partial charge < -0.3 is 5.11 Å². The summed E-state index contributed by atoms with van der Waals surface area (Å²) < 4.78 is 25.4. The van der Waals surface area contributed by atoms with Gasteiger partial charge in [0.1, 0.15) is 5.02 Å². The number of nitro groups is 1. The summed E-state index contributed by atoms with van der Waals surface area (Å²) in [7, 11) is -3.88. The molecule has 0 fully saturated rings. The Labute approximate surface area is 115 Å². The van der Waals surface area contributed by atoms with E-state index in [-0.39, 0.29) is 29.6 Å². The molecule has 0 amide bonds. The number of nitrogens with zero attached hydrogens (tertiary/aromatic N) is 2. The van der Waals surface area contributed by atoms with Crippen molar-refractivity contribution in [2.24, 2.45) is 0 Å². The summed E-state index contributed by atoms with van der Waals surface area (Å²) in [5, 5.41) is 19.4. The number of hydrogen-bond acceptors (Lipinski definition) is 5. The van der Waals surface area contributed by atoms with Crippen molar-refractivity contribution in [3.05, 3.63) is 33.3 Å². The van der Waals surface area contributed by atoms with Crippen LogP contribution in [0.3, 0.4) is 0 Å². The maximum atomic E-state index is 12.2. The number of hydrogen-bond donors (Lipinski definition) is 1. The van der Waals surface area contributed by atoms with Crippen LogP contribution in [0.4, 0.5) is 5.69 Å². The maximum absolute atomic E-state index is 12.2. The predicted octanol–water partition coefficient (Wildman–Crippen LogP) is 1.25. The fourth-order valence-corrected chi connectivity index (χ4v) is 3.15. The van der Waals surface area contributed by atoms with Gasteiger partial charge in [-0.1, -0.05) is 18.5 Å². The lowest BCUT2D eigenvalue weighted by atomic mass is 10.3. The highest BCUT2D eigenvalue weighted by molar-refractivity contribution is 7.89. The van der Waals surface area contributed by atoms with Crippen molar-refractivity contribution in [1.29, 1.82) is 0 Å². The first kappa shape index (κ1) is 15.8. The molecule has 1 rings (SSSR count). The molecule has 0 radical (unpaired) electrons. The molecular formula is C10H13ClN2O5S. The first-order valence-corrected chi connectivity index (χ1v) is 7.21. The van der Waals surface area contributed by atoms with Gasteiger partial charge in [0.15, 0.2) is 0 Å². The first-order valence-electron chi connectivity index (χ1n) is 5.39. The minimum absolute atomic E-state index is 0.0741. The number of rotatable bonds is 6.